The Morgan fingerprint density at radius 3 is 2.75 bits per heavy atom. The second-order valence-electron chi connectivity index (χ2n) is 8.05. The largest absolute Gasteiger partial charge is 0.357 e. The predicted octanol–water partition coefficient (Wildman–Crippen LogP) is 3.29. The molecule has 1 atom stereocenters. The lowest BCUT2D eigenvalue weighted by atomic mass is 9.96. The number of guanidine groups is 1. The molecule has 0 radical (unpaired) electrons. The molecule has 2 aliphatic rings. The Hall–Kier alpha value is -1.38. The number of carbonyl (C=O) groups is 1. The smallest absolute Gasteiger partial charge is 0.225 e. The number of amides is 1. The van der Waals surface area contributed by atoms with E-state index in [9.17, 15) is 9.18 Å². The van der Waals surface area contributed by atoms with E-state index in [1.165, 1.54) is 6.07 Å². The summed E-state index contributed by atoms with van der Waals surface area (Å²) in [6, 6.07) is 7.11. The van der Waals surface area contributed by atoms with Crippen molar-refractivity contribution in [2.24, 2.45) is 10.9 Å². The molecular formula is C21H32FIN4O. The first-order chi connectivity index (χ1) is 12.9. The van der Waals surface area contributed by atoms with Crippen LogP contribution in [0.4, 0.5) is 4.39 Å². The molecule has 1 unspecified atom stereocenters. The van der Waals surface area contributed by atoms with Crippen LogP contribution in [0.1, 0.15) is 45.6 Å². The summed E-state index contributed by atoms with van der Waals surface area (Å²) in [4.78, 5) is 18.9. The van der Waals surface area contributed by atoms with Crippen molar-refractivity contribution in [3.8, 4) is 0 Å². The van der Waals surface area contributed by atoms with Gasteiger partial charge in [-0.15, -0.1) is 24.0 Å². The fourth-order valence-electron chi connectivity index (χ4n) is 3.69. The van der Waals surface area contributed by atoms with Crippen LogP contribution in [0.2, 0.25) is 0 Å². The van der Waals surface area contributed by atoms with Crippen molar-refractivity contribution in [3.05, 3.63) is 35.6 Å². The molecule has 5 nitrogen and oxygen atoms in total. The van der Waals surface area contributed by atoms with Crippen molar-refractivity contribution < 1.29 is 9.18 Å². The van der Waals surface area contributed by atoms with Crippen LogP contribution in [0, 0.1) is 11.7 Å². The van der Waals surface area contributed by atoms with E-state index in [0.29, 0.717) is 6.54 Å². The quantitative estimate of drug-likeness (QED) is 0.357. The van der Waals surface area contributed by atoms with Gasteiger partial charge >= 0.3 is 0 Å². The van der Waals surface area contributed by atoms with Crippen LogP contribution in [-0.4, -0.2) is 49.0 Å². The summed E-state index contributed by atoms with van der Waals surface area (Å²) < 4.78 is 13.6. The topological polar surface area (TPSA) is 56.7 Å². The van der Waals surface area contributed by atoms with Crippen LogP contribution in [0.3, 0.4) is 0 Å². The van der Waals surface area contributed by atoms with Crippen LogP contribution in [0.5, 0.6) is 0 Å². The van der Waals surface area contributed by atoms with Gasteiger partial charge in [-0.25, -0.2) is 4.39 Å². The van der Waals surface area contributed by atoms with Gasteiger partial charge in [-0.05, 0) is 43.9 Å². The number of nitrogens with one attached hydrogen (secondary N) is 2. The number of carbonyl (C=O) groups excluding carboxylic acids is 1. The van der Waals surface area contributed by atoms with Crippen LogP contribution in [0.15, 0.2) is 29.3 Å². The van der Waals surface area contributed by atoms with Gasteiger partial charge in [0.15, 0.2) is 5.96 Å². The van der Waals surface area contributed by atoms with Crippen LogP contribution >= 0.6 is 24.0 Å². The molecule has 3 rings (SSSR count). The highest BCUT2D eigenvalue weighted by Crippen LogP contribution is 2.48. The Morgan fingerprint density at radius 1 is 1.39 bits per heavy atom. The number of benzene rings is 1. The minimum absolute atomic E-state index is 0. The summed E-state index contributed by atoms with van der Waals surface area (Å²) in [5.74, 6) is 0.841. The average molecular weight is 502 g/mol. The zero-order valence-corrected chi connectivity index (χ0v) is 19.3. The molecule has 1 aromatic rings. The van der Waals surface area contributed by atoms with E-state index in [4.69, 9.17) is 4.99 Å². The SMILES string of the molecule is CCNC(=NCC1(c2cccc(F)c2)CC1)NC1CCN(C(=O)C(C)C)C1.I. The molecular weight excluding hydrogens is 470 g/mol. The van der Waals surface area contributed by atoms with Crippen molar-refractivity contribution in [3.63, 3.8) is 0 Å². The van der Waals surface area contributed by atoms with Crippen molar-refractivity contribution in [2.75, 3.05) is 26.2 Å². The molecule has 0 bridgehead atoms. The first kappa shape index (κ1) is 22.9. The van der Waals surface area contributed by atoms with E-state index in [0.717, 1.165) is 50.4 Å². The van der Waals surface area contributed by atoms with Gasteiger partial charge in [-0.1, -0.05) is 26.0 Å². The van der Waals surface area contributed by atoms with Gasteiger partial charge in [0.2, 0.25) is 5.91 Å². The Labute approximate surface area is 184 Å². The van der Waals surface area contributed by atoms with E-state index in [2.05, 4.69) is 10.6 Å². The van der Waals surface area contributed by atoms with Gasteiger partial charge in [0.1, 0.15) is 5.82 Å². The first-order valence-electron chi connectivity index (χ1n) is 10.0. The summed E-state index contributed by atoms with van der Waals surface area (Å²) in [6.07, 6.45) is 3.01. The molecule has 0 aromatic heterocycles. The van der Waals surface area contributed by atoms with E-state index in [1.54, 1.807) is 12.1 Å². The minimum atomic E-state index is -0.186. The summed E-state index contributed by atoms with van der Waals surface area (Å²) in [6.45, 7) is 8.86. The molecule has 1 amide bonds. The van der Waals surface area contributed by atoms with E-state index >= 15 is 0 Å². The number of rotatable bonds is 6. The van der Waals surface area contributed by atoms with Gasteiger partial charge in [0.05, 0.1) is 6.54 Å². The van der Waals surface area contributed by atoms with E-state index in [1.807, 2.05) is 31.7 Å². The molecule has 0 spiro atoms. The zero-order valence-electron chi connectivity index (χ0n) is 17.0. The summed E-state index contributed by atoms with van der Waals surface area (Å²) in [5.41, 5.74) is 1.01. The fourth-order valence-corrected chi connectivity index (χ4v) is 3.69. The highest BCUT2D eigenvalue weighted by atomic mass is 127. The van der Waals surface area contributed by atoms with E-state index in [-0.39, 0.29) is 53.1 Å². The average Bonchev–Trinajstić information content (AvgIpc) is 3.30. The number of halogens is 2. The molecule has 7 heteroatoms. The third kappa shape index (κ3) is 5.58. The molecule has 28 heavy (non-hydrogen) atoms. The lowest BCUT2D eigenvalue weighted by molar-refractivity contribution is -0.133. The lowest BCUT2D eigenvalue weighted by Gasteiger charge is -2.21. The van der Waals surface area contributed by atoms with Gasteiger partial charge in [-0.2, -0.15) is 0 Å². The highest BCUT2D eigenvalue weighted by Gasteiger charge is 2.44. The zero-order chi connectivity index (χ0) is 19.4. The summed E-state index contributed by atoms with van der Waals surface area (Å²) in [7, 11) is 0. The first-order valence-corrected chi connectivity index (χ1v) is 10.0. The Bertz CT molecular complexity index is 705. The summed E-state index contributed by atoms with van der Waals surface area (Å²) in [5, 5.41) is 6.78. The van der Waals surface area contributed by atoms with Crippen molar-refractivity contribution in [2.45, 2.75) is 51.5 Å². The molecule has 2 N–H and O–H groups in total. The molecule has 2 fully saturated rings. The monoisotopic (exact) mass is 502 g/mol. The number of nitrogens with zero attached hydrogens (tertiary/aromatic N) is 2. The molecule has 1 aliphatic carbocycles. The Balaban J connectivity index is 0.00000280. The van der Waals surface area contributed by atoms with Crippen molar-refractivity contribution >= 4 is 35.8 Å². The molecule has 1 saturated carbocycles. The number of likely N-dealkylation sites (tertiary alicyclic amines) is 1. The van der Waals surface area contributed by atoms with Crippen molar-refractivity contribution in [1.29, 1.82) is 0 Å². The highest BCUT2D eigenvalue weighted by molar-refractivity contribution is 14.0. The predicted molar refractivity (Wildman–Crippen MR) is 122 cm³/mol. The molecule has 1 saturated heterocycles. The second kappa shape index (κ2) is 9.89. The third-order valence-corrected chi connectivity index (χ3v) is 5.51. The lowest BCUT2D eigenvalue weighted by Crippen LogP contribution is -2.45. The minimum Gasteiger partial charge on any atom is -0.357 e. The van der Waals surface area contributed by atoms with Gasteiger partial charge in [0.25, 0.3) is 0 Å². The molecule has 1 aromatic carbocycles. The fraction of sp³-hybridized carbons (Fsp3) is 0.619. The van der Waals surface area contributed by atoms with Gasteiger partial charge < -0.3 is 15.5 Å². The molecule has 156 valence electrons. The Morgan fingerprint density at radius 2 is 2.14 bits per heavy atom. The van der Waals surface area contributed by atoms with Crippen LogP contribution < -0.4 is 10.6 Å². The molecule has 1 aliphatic heterocycles. The third-order valence-electron chi connectivity index (χ3n) is 5.51. The van der Waals surface area contributed by atoms with Crippen LogP contribution in [-0.2, 0) is 10.2 Å². The summed E-state index contributed by atoms with van der Waals surface area (Å²) >= 11 is 0. The van der Waals surface area contributed by atoms with Crippen LogP contribution in [0.25, 0.3) is 0 Å². The second-order valence-corrected chi connectivity index (χ2v) is 8.05. The normalized spacial score (nSPS) is 20.7. The number of aliphatic imine (C=N–C) groups is 1. The maximum Gasteiger partial charge on any atom is 0.225 e. The standard InChI is InChI=1S/C21H31FN4O.HI/c1-4-23-20(25-18-8-11-26(13-18)19(27)15(2)3)24-14-21(9-10-21)16-6-5-7-17(22)12-16;/h5-7,12,15,18H,4,8-11,13-14H2,1-3H3,(H2,23,24,25);1H. The molecule has 1 heterocycles. The van der Waals surface area contributed by atoms with Gasteiger partial charge in [0, 0.05) is 37.0 Å². The maximum atomic E-state index is 13.6. The van der Waals surface area contributed by atoms with Crippen molar-refractivity contribution in [1.82, 2.24) is 15.5 Å². The van der Waals surface area contributed by atoms with Gasteiger partial charge in [-0.3, -0.25) is 9.79 Å². The maximum absolute atomic E-state index is 13.6. The van der Waals surface area contributed by atoms with E-state index < -0.39 is 0 Å². The Kier molecular flexibility index (Phi) is 8.09. The number of hydrogen-bond acceptors (Lipinski definition) is 2. The number of hydrogen-bond donors (Lipinski definition) is 2.